The number of nitrogens with zero attached hydrogens (tertiary/aromatic N) is 2. The number of aliphatic hydroxyl groups excluding tert-OH is 4. The highest BCUT2D eigenvalue weighted by atomic mass is 16.3. The molecule has 0 atom stereocenters. The zero-order valence-corrected chi connectivity index (χ0v) is 13.7. The third-order valence-corrected chi connectivity index (χ3v) is 3.02. The monoisotopic (exact) mass is 324 g/mol. The fraction of sp³-hybridized carbons (Fsp3) is 1.00. The normalized spacial score (nSPS) is 10.9. The van der Waals surface area contributed by atoms with Crippen LogP contribution in [0.5, 0.6) is 0 Å². The minimum Gasteiger partial charge on any atom is -0.395 e. The van der Waals surface area contributed by atoms with Crippen molar-refractivity contribution in [1.29, 1.82) is 0 Å². The van der Waals surface area contributed by atoms with Crippen molar-refractivity contribution in [3.63, 3.8) is 0 Å². The van der Waals surface area contributed by atoms with Crippen LogP contribution in [0.4, 0.5) is 0 Å². The second-order valence-corrected chi connectivity index (χ2v) is 4.86. The molecule has 0 aromatic heterocycles. The second-order valence-electron chi connectivity index (χ2n) is 4.86. The highest BCUT2D eigenvalue weighted by Gasteiger charge is 2.01. The summed E-state index contributed by atoms with van der Waals surface area (Å²) in [5.41, 5.74) is 10.6. The maximum absolute atomic E-state index is 8.61. The molecule has 0 bridgehead atoms. The zero-order valence-electron chi connectivity index (χ0n) is 13.7. The number of hydrogen-bond donors (Lipinski definition) is 6. The Balaban J connectivity index is 0. The number of hydrogen-bond acceptors (Lipinski definition) is 8. The molecule has 0 radical (unpaired) electrons. The van der Waals surface area contributed by atoms with Gasteiger partial charge in [0.15, 0.2) is 0 Å². The number of nitrogens with two attached hydrogens (primary N) is 2. The Labute approximate surface area is 134 Å². The summed E-state index contributed by atoms with van der Waals surface area (Å²) in [6.45, 7) is 6.11. The van der Waals surface area contributed by atoms with Crippen LogP contribution < -0.4 is 11.5 Å². The van der Waals surface area contributed by atoms with Crippen LogP contribution in [0.3, 0.4) is 0 Å². The Morgan fingerprint density at radius 2 is 0.773 bits per heavy atom. The van der Waals surface area contributed by atoms with Gasteiger partial charge < -0.3 is 31.9 Å². The fourth-order valence-electron chi connectivity index (χ4n) is 1.87. The van der Waals surface area contributed by atoms with Crippen LogP contribution in [0, 0.1) is 0 Å². The van der Waals surface area contributed by atoms with Crippen LogP contribution in [0.15, 0.2) is 0 Å². The molecule has 0 spiro atoms. The molecule has 0 fully saturated rings. The van der Waals surface area contributed by atoms with E-state index in [1.807, 2.05) is 9.80 Å². The van der Waals surface area contributed by atoms with E-state index in [9.17, 15) is 0 Å². The van der Waals surface area contributed by atoms with E-state index in [0.717, 1.165) is 25.9 Å². The third kappa shape index (κ3) is 17.7. The lowest BCUT2D eigenvalue weighted by Gasteiger charge is -2.19. The van der Waals surface area contributed by atoms with E-state index in [1.54, 1.807) is 0 Å². The van der Waals surface area contributed by atoms with Gasteiger partial charge in [-0.05, 0) is 39.0 Å². The predicted octanol–water partition coefficient (Wildman–Crippen LogP) is -2.76. The summed E-state index contributed by atoms with van der Waals surface area (Å²) in [4.78, 5) is 3.99. The van der Waals surface area contributed by atoms with E-state index in [0.29, 0.717) is 39.3 Å². The molecule has 0 amide bonds. The quantitative estimate of drug-likeness (QED) is 0.202. The van der Waals surface area contributed by atoms with Gasteiger partial charge in [0.1, 0.15) is 0 Å². The third-order valence-electron chi connectivity index (χ3n) is 3.02. The van der Waals surface area contributed by atoms with Crippen molar-refractivity contribution < 1.29 is 20.4 Å². The van der Waals surface area contributed by atoms with Crippen molar-refractivity contribution in [3.8, 4) is 0 Å². The van der Waals surface area contributed by atoms with E-state index >= 15 is 0 Å². The van der Waals surface area contributed by atoms with Crippen molar-refractivity contribution in [2.75, 3.05) is 78.8 Å². The van der Waals surface area contributed by atoms with E-state index in [2.05, 4.69) is 0 Å². The fourth-order valence-corrected chi connectivity index (χ4v) is 1.87. The van der Waals surface area contributed by atoms with Crippen LogP contribution in [-0.2, 0) is 0 Å². The molecule has 0 unspecified atom stereocenters. The average molecular weight is 324 g/mol. The van der Waals surface area contributed by atoms with Gasteiger partial charge in [0, 0.05) is 26.2 Å². The van der Waals surface area contributed by atoms with Crippen LogP contribution in [0.2, 0.25) is 0 Å². The minimum absolute atomic E-state index is 0.143. The van der Waals surface area contributed by atoms with E-state index in [4.69, 9.17) is 31.9 Å². The Morgan fingerprint density at radius 1 is 0.500 bits per heavy atom. The first kappa shape index (κ1) is 23.9. The summed E-state index contributed by atoms with van der Waals surface area (Å²) >= 11 is 0. The topological polar surface area (TPSA) is 139 Å². The summed E-state index contributed by atoms with van der Waals surface area (Å²) in [5.74, 6) is 0. The highest BCUT2D eigenvalue weighted by Crippen LogP contribution is 1.89. The Hall–Kier alpha value is -0.320. The summed E-state index contributed by atoms with van der Waals surface area (Å²) in [5, 5.41) is 34.4. The molecule has 0 aromatic rings. The van der Waals surface area contributed by atoms with Gasteiger partial charge in [-0.25, -0.2) is 0 Å². The molecule has 0 aliphatic carbocycles. The molecular weight excluding hydrogens is 288 g/mol. The van der Waals surface area contributed by atoms with Gasteiger partial charge >= 0.3 is 0 Å². The summed E-state index contributed by atoms with van der Waals surface area (Å²) in [7, 11) is 0. The van der Waals surface area contributed by atoms with Crippen molar-refractivity contribution in [1.82, 2.24) is 9.80 Å². The largest absolute Gasteiger partial charge is 0.395 e. The lowest BCUT2D eigenvalue weighted by Crippen LogP contribution is -2.31. The first-order valence-corrected chi connectivity index (χ1v) is 7.98. The summed E-state index contributed by atoms with van der Waals surface area (Å²) in [6, 6.07) is 0. The van der Waals surface area contributed by atoms with Crippen LogP contribution in [0.1, 0.15) is 12.8 Å². The van der Waals surface area contributed by atoms with Crippen molar-refractivity contribution in [2.45, 2.75) is 12.8 Å². The van der Waals surface area contributed by atoms with Crippen molar-refractivity contribution in [3.05, 3.63) is 0 Å². The number of rotatable bonds is 14. The Morgan fingerprint density at radius 3 is 0.955 bits per heavy atom. The van der Waals surface area contributed by atoms with Gasteiger partial charge in [-0.3, -0.25) is 9.80 Å². The number of aliphatic hydroxyl groups is 4. The molecule has 8 heteroatoms. The van der Waals surface area contributed by atoms with Crippen LogP contribution >= 0.6 is 0 Å². The first-order valence-electron chi connectivity index (χ1n) is 7.98. The van der Waals surface area contributed by atoms with Crippen molar-refractivity contribution in [2.24, 2.45) is 11.5 Å². The molecule has 0 rings (SSSR count). The van der Waals surface area contributed by atoms with Gasteiger partial charge in [-0.2, -0.15) is 0 Å². The van der Waals surface area contributed by atoms with Gasteiger partial charge in [-0.15, -0.1) is 0 Å². The van der Waals surface area contributed by atoms with Gasteiger partial charge in [0.05, 0.1) is 26.4 Å². The standard InChI is InChI=1S/2C7H18N2O2/c2*8-2-1-3-9(4-6-10)5-7-11/h2*10-11H,1-8H2. The van der Waals surface area contributed by atoms with E-state index in [1.165, 1.54) is 0 Å². The molecule has 0 saturated heterocycles. The van der Waals surface area contributed by atoms with E-state index < -0.39 is 0 Å². The Bertz CT molecular complexity index is 170. The molecular formula is C14H36N4O4. The lowest BCUT2D eigenvalue weighted by molar-refractivity contribution is 0.160. The molecule has 0 aromatic carbocycles. The molecule has 8 nitrogen and oxygen atoms in total. The minimum atomic E-state index is 0.143. The van der Waals surface area contributed by atoms with Gasteiger partial charge in [0.25, 0.3) is 0 Å². The molecule has 0 aliphatic rings. The van der Waals surface area contributed by atoms with Crippen molar-refractivity contribution >= 4 is 0 Å². The van der Waals surface area contributed by atoms with E-state index in [-0.39, 0.29) is 26.4 Å². The molecule has 22 heavy (non-hydrogen) atoms. The van der Waals surface area contributed by atoms with Crippen LogP contribution in [0.25, 0.3) is 0 Å². The first-order chi connectivity index (χ1) is 10.7. The summed E-state index contributed by atoms with van der Waals surface area (Å²) in [6.07, 6.45) is 1.83. The summed E-state index contributed by atoms with van der Waals surface area (Å²) < 4.78 is 0. The average Bonchev–Trinajstić information content (AvgIpc) is 2.52. The zero-order chi connectivity index (χ0) is 17.1. The Kier molecular flexibility index (Phi) is 22.5. The molecule has 0 aliphatic heterocycles. The maximum Gasteiger partial charge on any atom is 0.0558 e. The van der Waals surface area contributed by atoms with Gasteiger partial charge in [0.2, 0.25) is 0 Å². The maximum atomic E-state index is 8.61. The molecule has 8 N–H and O–H groups in total. The molecule has 136 valence electrons. The molecule has 0 heterocycles. The van der Waals surface area contributed by atoms with Crippen LogP contribution in [-0.4, -0.2) is 109 Å². The second kappa shape index (κ2) is 20.7. The molecule has 0 saturated carbocycles. The highest BCUT2D eigenvalue weighted by molar-refractivity contribution is 4.57. The van der Waals surface area contributed by atoms with Gasteiger partial charge in [-0.1, -0.05) is 0 Å². The lowest BCUT2D eigenvalue weighted by atomic mass is 10.3. The smallest absolute Gasteiger partial charge is 0.0558 e. The SMILES string of the molecule is NCCCN(CCO)CCO.NCCCN(CCO)CCO. The predicted molar refractivity (Wildman–Crippen MR) is 88.6 cm³/mol.